The van der Waals surface area contributed by atoms with Crippen molar-refractivity contribution in [1.29, 1.82) is 0 Å². The maximum absolute atomic E-state index is 3.35. The van der Waals surface area contributed by atoms with Crippen molar-refractivity contribution in [3.05, 3.63) is 0 Å². The smallest absolute Gasteiger partial charge is 0.00385 e. The summed E-state index contributed by atoms with van der Waals surface area (Å²) in [4.78, 5) is 0. The first-order chi connectivity index (χ1) is 4.81. The highest BCUT2D eigenvalue weighted by atomic mass is 14.9. The zero-order valence-corrected chi connectivity index (χ0v) is 8.20. The standard InChI is InChI=1S/C7H17N.C2H6/c1-4-6-7(3)8-5-2;1-2/h7-8H,4-6H2,1-3H3;1-2H3/t7-;/m0./s1. The van der Waals surface area contributed by atoms with Crippen LogP contribution in [-0.4, -0.2) is 12.6 Å². The minimum atomic E-state index is 0.713. The van der Waals surface area contributed by atoms with Gasteiger partial charge in [-0.2, -0.15) is 0 Å². The maximum Gasteiger partial charge on any atom is 0.00385 e. The van der Waals surface area contributed by atoms with Crippen LogP contribution in [0.1, 0.15) is 47.5 Å². The molecule has 0 amide bonds. The van der Waals surface area contributed by atoms with Gasteiger partial charge in [-0.1, -0.05) is 34.1 Å². The molecule has 0 aromatic heterocycles. The van der Waals surface area contributed by atoms with Gasteiger partial charge >= 0.3 is 0 Å². The van der Waals surface area contributed by atoms with Crippen LogP contribution in [-0.2, 0) is 0 Å². The predicted molar refractivity (Wildman–Crippen MR) is 49.4 cm³/mol. The number of hydrogen-bond donors (Lipinski definition) is 1. The van der Waals surface area contributed by atoms with Crippen LogP contribution in [0.2, 0.25) is 0 Å². The molecule has 0 saturated carbocycles. The van der Waals surface area contributed by atoms with Crippen molar-refractivity contribution >= 4 is 0 Å². The van der Waals surface area contributed by atoms with Gasteiger partial charge in [0.25, 0.3) is 0 Å². The van der Waals surface area contributed by atoms with Crippen LogP contribution in [0, 0.1) is 0 Å². The Kier molecular flexibility index (Phi) is 14.8. The molecule has 0 saturated heterocycles. The van der Waals surface area contributed by atoms with Gasteiger partial charge in [0.05, 0.1) is 0 Å². The van der Waals surface area contributed by atoms with E-state index in [1.54, 1.807) is 0 Å². The molecule has 1 N–H and O–H groups in total. The van der Waals surface area contributed by atoms with E-state index in [0.29, 0.717) is 6.04 Å². The molecule has 0 aliphatic carbocycles. The van der Waals surface area contributed by atoms with E-state index in [4.69, 9.17) is 0 Å². The Morgan fingerprint density at radius 2 is 1.70 bits per heavy atom. The average Bonchev–Trinajstić information content (AvgIpc) is 1.93. The molecule has 0 aliphatic rings. The number of rotatable bonds is 4. The van der Waals surface area contributed by atoms with Gasteiger partial charge in [0.2, 0.25) is 0 Å². The van der Waals surface area contributed by atoms with Crippen molar-refractivity contribution in [2.45, 2.75) is 53.5 Å². The van der Waals surface area contributed by atoms with Gasteiger partial charge in [-0.05, 0) is 19.9 Å². The van der Waals surface area contributed by atoms with Crippen molar-refractivity contribution in [1.82, 2.24) is 5.32 Å². The lowest BCUT2D eigenvalue weighted by atomic mass is 10.2. The van der Waals surface area contributed by atoms with Gasteiger partial charge < -0.3 is 5.32 Å². The fourth-order valence-electron chi connectivity index (χ4n) is 0.884. The van der Waals surface area contributed by atoms with E-state index in [0.717, 1.165) is 6.54 Å². The molecule has 1 atom stereocenters. The first-order valence-electron chi connectivity index (χ1n) is 4.54. The summed E-state index contributed by atoms with van der Waals surface area (Å²) in [6, 6.07) is 0.713. The molecule has 0 aromatic rings. The predicted octanol–water partition coefficient (Wildman–Crippen LogP) is 2.81. The fourth-order valence-corrected chi connectivity index (χ4v) is 0.884. The molecule has 1 heteroatoms. The Labute approximate surface area is 66.2 Å². The minimum Gasteiger partial charge on any atom is -0.315 e. The second kappa shape index (κ2) is 11.7. The summed E-state index contributed by atoms with van der Waals surface area (Å²) in [5.41, 5.74) is 0. The number of hydrogen-bond acceptors (Lipinski definition) is 1. The van der Waals surface area contributed by atoms with Gasteiger partial charge in [0.15, 0.2) is 0 Å². The maximum atomic E-state index is 3.35. The Balaban J connectivity index is 0. The highest BCUT2D eigenvalue weighted by Crippen LogP contribution is 1.92. The highest BCUT2D eigenvalue weighted by molar-refractivity contribution is 4.55. The quantitative estimate of drug-likeness (QED) is 0.641. The first-order valence-corrected chi connectivity index (χ1v) is 4.54. The van der Waals surface area contributed by atoms with E-state index >= 15 is 0 Å². The third kappa shape index (κ3) is 10.9. The van der Waals surface area contributed by atoms with Gasteiger partial charge in [0.1, 0.15) is 0 Å². The van der Waals surface area contributed by atoms with Crippen LogP contribution in [0.25, 0.3) is 0 Å². The zero-order chi connectivity index (χ0) is 8.41. The number of nitrogens with one attached hydrogen (secondary N) is 1. The summed E-state index contributed by atoms with van der Waals surface area (Å²) < 4.78 is 0. The second-order valence-corrected chi connectivity index (χ2v) is 2.25. The summed E-state index contributed by atoms with van der Waals surface area (Å²) in [5.74, 6) is 0. The summed E-state index contributed by atoms with van der Waals surface area (Å²) in [6.07, 6.45) is 2.59. The van der Waals surface area contributed by atoms with Crippen LogP contribution in [0.3, 0.4) is 0 Å². The van der Waals surface area contributed by atoms with Crippen LogP contribution >= 0.6 is 0 Å². The first kappa shape index (κ1) is 12.6. The van der Waals surface area contributed by atoms with Crippen LogP contribution < -0.4 is 5.32 Å². The molecule has 0 rings (SSSR count). The van der Waals surface area contributed by atoms with E-state index in [-0.39, 0.29) is 0 Å². The van der Waals surface area contributed by atoms with Crippen LogP contribution in [0.5, 0.6) is 0 Å². The fraction of sp³-hybridized carbons (Fsp3) is 1.00. The normalized spacial score (nSPS) is 11.7. The average molecular weight is 145 g/mol. The Morgan fingerprint density at radius 3 is 2.00 bits per heavy atom. The largest absolute Gasteiger partial charge is 0.315 e. The molecule has 0 bridgehead atoms. The summed E-state index contributed by atoms with van der Waals surface area (Å²) in [6.45, 7) is 11.7. The molecule has 0 spiro atoms. The van der Waals surface area contributed by atoms with Gasteiger partial charge in [0, 0.05) is 6.04 Å². The monoisotopic (exact) mass is 145 g/mol. The molecule has 0 fully saturated rings. The molecular formula is C9H23N. The molecule has 0 aromatic carbocycles. The van der Waals surface area contributed by atoms with E-state index in [1.165, 1.54) is 12.8 Å². The van der Waals surface area contributed by atoms with Crippen molar-refractivity contribution in [2.75, 3.05) is 6.54 Å². The van der Waals surface area contributed by atoms with E-state index in [1.807, 2.05) is 13.8 Å². The summed E-state index contributed by atoms with van der Waals surface area (Å²) in [7, 11) is 0. The second-order valence-electron chi connectivity index (χ2n) is 2.25. The highest BCUT2D eigenvalue weighted by Gasteiger charge is 1.93. The Bertz CT molecular complexity index is 38.0. The lowest BCUT2D eigenvalue weighted by molar-refractivity contribution is 0.524. The summed E-state index contributed by atoms with van der Waals surface area (Å²) in [5, 5.41) is 3.35. The zero-order valence-electron chi connectivity index (χ0n) is 8.20. The lowest BCUT2D eigenvalue weighted by Crippen LogP contribution is -2.24. The van der Waals surface area contributed by atoms with Crippen molar-refractivity contribution in [2.24, 2.45) is 0 Å². The van der Waals surface area contributed by atoms with Gasteiger partial charge in [-0.3, -0.25) is 0 Å². The van der Waals surface area contributed by atoms with Crippen LogP contribution in [0.15, 0.2) is 0 Å². The molecule has 10 heavy (non-hydrogen) atoms. The molecule has 1 nitrogen and oxygen atoms in total. The van der Waals surface area contributed by atoms with Gasteiger partial charge in [-0.15, -0.1) is 0 Å². The van der Waals surface area contributed by atoms with Crippen LogP contribution in [0.4, 0.5) is 0 Å². The molecule has 0 unspecified atom stereocenters. The lowest BCUT2D eigenvalue weighted by Gasteiger charge is -2.08. The SMILES string of the molecule is CC.CCC[C@H](C)NCC. The Morgan fingerprint density at radius 1 is 1.20 bits per heavy atom. The third-order valence-corrected chi connectivity index (χ3v) is 1.27. The molecule has 0 heterocycles. The van der Waals surface area contributed by atoms with E-state index in [2.05, 4.69) is 26.1 Å². The molecule has 64 valence electrons. The van der Waals surface area contributed by atoms with Crippen molar-refractivity contribution in [3.63, 3.8) is 0 Å². The molecule has 0 radical (unpaired) electrons. The van der Waals surface area contributed by atoms with E-state index in [9.17, 15) is 0 Å². The third-order valence-electron chi connectivity index (χ3n) is 1.27. The Hall–Kier alpha value is -0.0400. The molecular weight excluding hydrogens is 122 g/mol. The van der Waals surface area contributed by atoms with Gasteiger partial charge in [-0.25, -0.2) is 0 Å². The van der Waals surface area contributed by atoms with Crippen molar-refractivity contribution < 1.29 is 0 Å². The van der Waals surface area contributed by atoms with E-state index < -0.39 is 0 Å². The van der Waals surface area contributed by atoms with Crippen molar-refractivity contribution in [3.8, 4) is 0 Å². The minimum absolute atomic E-state index is 0.713. The summed E-state index contributed by atoms with van der Waals surface area (Å²) >= 11 is 0. The molecule has 0 aliphatic heterocycles. The topological polar surface area (TPSA) is 12.0 Å².